The van der Waals surface area contributed by atoms with Crippen LogP contribution in [0.4, 0.5) is 4.79 Å². The summed E-state index contributed by atoms with van der Waals surface area (Å²) >= 11 is 0. The molecule has 0 aliphatic carbocycles. The van der Waals surface area contributed by atoms with Crippen LogP contribution in [0.25, 0.3) is 0 Å². The lowest BCUT2D eigenvalue weighted by Gasteiger charge is -2.09. The highest BCUT2D eigenvalue weighted by Gasteiger charge is 2.12. The van der Waals surface area contributed by atoms with Crippen molar-refractivity contribution in [2.75, 3.05) is 13.2 Å². The predicted molar refractivity (Wildman–Crippen MR) is 94.7 cm³/mol. The van der Waals surface area contributed by atoms with Crippen molar-refractivity contribution in [3.8, 4) is 5.75 Å². The minimum atomic E-state index is -0.708. The summed E-state index contributed by atoms with van der Waals surface area (Å²) < 4.78 is 10.5. The fraction of sp³-hybridized carbons (Fsp3) is 0.211. The molecule has 3 amide bonds. The van der Waals surface area contributed by atoms with E-state index < -0.39 is 24.5 Å². The Morgan fingerprint density at radius 2 is 1.77 bits per heavy atom. The monoisotopic (exact) mass is 356 g/mol. The smallest absolute Gasteiger partial charge is 0.338 e. The number of imide groups is 1. The van der Waals surface area contributed by atoms with E-state index in [1.54, 1.807) is 25.1 Å². The quantitative estimate of drug-likeness (QED) is 0.742. The van der Waals surface area contributed by atoms with E-state index in [1.165, 1.54) is 6.07 Å². The van der Waals surface area contributed by atoms with Crippen LogP contribution < -0.4 is 15.4 Å². The lowest BCUT2D eigenvalue weighted by atomic mass is 10.2. The Labute approximate surface area is 151 Å². The third-order valence-electron chi connectivity index (χ3n) is 3.24. The molecule has 2 aromatic carbocycles. The summed E-state index contributed by atoms with van der Waals surface area (Å²) in [6.45, 7) is 1.92. The van der Waals surface area contributed by atoms with E-state index in [0.29, 0.717) is 18.9 Å². The normalized spacial score (nSPS) is 9.88. The fourth-order valence-corrected chi connectivity index (χ4v) is 2.04. The molecule has 136 valence electrons. The second-order valence-electron chi connectivity index (χ2n) is 5.29. The molecule has 2 aromatic rings. The van der Waals surface area contributed by atoms with Gasteiger partial charge in [-0.25, -0.2) is 9.59 Å². The molecule has 2 N–H and O–H groups in total. The third kappa shape index (κ3) is 6.27. The van der Waals surface area contributed by atoms with E-state index in [9.17, 15) is 14.4 Å². The van der Waals surface area contributed by atoms with Gasteiger partial charge in [0.1, 0.15) is 12.4 Å². The number of hydrogen-bond donors (Lipinski definition) is 2. The first-order chi connectivity index (χ1) is 12.6. The SMILES string of the molecule is CCNC(=O)NC(=O)COC(=O)c1cccc(OCc2ccccc2)c1. The first-order valence-corrected chi connectivity index (χ1v) is 8.10. The molecule has 0 fully saturated rings. The molecule has 0 atom stereocenters. The topological polar surface area (TPSA) is 93.7 Å². The number of urea groups is 1. The van der Waals surface area contributed by atoms with Crippen molar-refractivity contribution in [2.45, 2.75) is 13.5 Å². The molecule has 0 spiro atoms. The van der Waals surface area contributed by atoms with E-state index in [2.05, 4.69) is 5.32 Å². The summed E-state index contributed by atoms with van der Waals surface area (Å²) in [5, 5.41) is 4.45. The minimum absolute atomic E-state index is 0.251. The zero-order chi connectivity index (χ0) is 18.8. The molecule has 0 aromatic heterocycles. The highest BCUT2D eigenvalue weighted by molar-refractivity contribution is 5.97. The van der Waals surface area contributed by atoms with Gasteiger partial charge in [0.25, 0.3) is 5.91 Å². The summed E-state index contributed by atoms with van der Waals surface area (Å²) in [7, 11) is 0. The van der Waals surface area contributed by atoms with Crippen molar-refractivity contribution in [1.82, 2.24) is 10.6 Å². The minimum Gasteiger partial charge on any atom is -0.489 e. The molecule has 0 radical (unpaired) electrons. The molecule has 7 heteroatoms. The molecular formula is C19H20N2O5. The fourth-order valence-electron chi connectivity index (χ4n) is 2.04. The summed E-state index contributed by atoms with van der Waals surface area (Å²) in [6.07, 6.45) is 0. The maximum Gasteiger partial charge on any atom is 0.338 e. The molecule has 0 aliphatic rings. The van der Waals surface area contributed by atoms with Crippen molar-refractivity contribution in [3.05, 3.63) is 65.7 Å². The molecule has 0 aliphatic heterocycles. The Morgan fingerprint density at radius 3 is 2.50 bits per heavy atom. The van der Waals surface area contributed by atoms with Crippen LogP contribution in [0.3, 0.4) is 0 Å². The highest BCUT2D eigenvalue weighted by atomic mass is 16.5. The van der Waals surface area contributed by atoms with Crippen LogP contribution in [-0.2, 0) is 16.1 Å². The van der Waals surface area contributed by atoms with Crippen LogP contribution in [0.1, 0.15) is 22.8 Å². The standard InChI is InChI=1S/C19H20N2O5/c1-2-20-19(24)21-17(22)13-26-18(23)15-9-6-10-16(11-15)25-12-14-7-4-3-5-8-14/h3-11H,2,12-13H2,1H3,(H2,20,21,22,24). The largest absolute Gasteiger partial charge is 0.489 e. The zero-order valence-corrected chi connectivity index (χ0v) is 14.4. The molecule has 0 saturated heterocycles. The average Bonchev–Trinajstić information content (AvgIpc) is 2.65. The predicted octanol–water partition coefficient (Wildman–Crippen LogP) is 2.27. The van der Waals surface area contributed by atoms with Crippen LogP contribution in [0.2, 0.25) is 0 Å². The maximum absolute atomic E-state index is 12.0. The van der Waals surface area contributed by atoms with E-state index in [-0.39, 0.29) is 5.56 Å². The van der Waals surface area contributed by atoms with E-state index in [4.69, 9.17) is 9.47 Å². The van der Waals surface area contributed by atoms with Crippen LogP contribution in [0.15, 0.2) is 54.6 Å². The molecule has 0 bridgehead atoms. The van der Waals surface area contributed by atoms with Crippen molar-refractivity contribution < 1.29 is 23.9 Å². The summed E-state index contributed by atoms with van der Waals surface area (Å²) in [6, 6.07) is 15.5. The summed E-state index contributed by atoms with van der Waals surface area (Å²) in [5.74, 6) is -0.878. The number of esters is 1. The maximum atomic E-state index is 12.0. The Hall–Kier alpha value is -3.35. The molecule has 0 unspecified atom stereocenters. The second-order valence-corrected chi connectivity index (χ2v) is 5.29. The third-order valence-corrected chi connectivity index (χ3v) is 3.24. The average molecular weight is 356 g/mol. The van der Waals surface area contributed by atoms with Crippen LogP contribution in [0, 0.1) is 0 Å². The second kappa shape index (κ2) is 9.83. The van der Waals surface area contributed by atoms with Gasteiger partial charge in [0, 0.05) is 6.54 Å². The first kappa shape index (κ1) is 19.0. The van der Waals surface area contributed by atoms with Gasteiger partial charge < -0.3 is 14.8 Å². The van der Waals surface area contributed by atoms with Gasteiger partial charge in [0.2, 0.25) is 0 Å². The van der Waals surface area contributed by atoms with Crippen molar-refractivity contribution in [1.29, 1.82) is 0 Å². The van der Waals surface area contributed by atoms with Crippen LogP contribution in [-0.4, -0.2) is 31.1 Å². The Bertz CT molecular complexity index is 762. The Morgan fingerprint density at radius 1 is 1.00 bits per heavy atom. The number of carbonyl (C=O) groups excluding carboxylic acids is 3. The van der Waals surface area contributed by atoms with Gasteiger partial charge in [-0.1, -0.05) is 36.4 Å². The molecule has 7 nitrogen and oxygen atoms in total. The van der Waals surface area contributed by atoms with E-state index >= 15 is 0 Å². The van der Waals surface area contributed by atoms with E-state index in [0.717, 1.165) is 5.56 Å². The van der Waals surface area contributed by atoms with Crippen LogP contribution in [0.5, 0.6) is 5.75 Å². The molecule has 26 heavy (non-hydrogen) atoms. The number of carbonyl (C=O) groups is 3. The van der Waals surface area contributed by atoms with Gasteiger partial charge in [0.15, 0.2) is 6.61 Å². The number of rotatable bonds is 7. The number of amides is 3. The molecule has 0 saturated carbocycles. The van der Waals surface area contributed by atoms with Crippen molar-refractivity contribution >= 4 is 17.9 Å². The van der Waals surface area contributed by atoms with E-state index in [1.807, 2.05) is 35.6 Å². The van der Waals surface area contributed by atoms with Crippen molar-refractivity contribution in [3.63, 3.8) is 0 Å². The lowest BCUT2D eigenvalue weighted by molar-refractivity contribution is -0.123. The molecule has 2 rings (SSSR count). The van der Waals surface area contributed by atoms with Gasteiger partial charge >= 0.3 is 12.0 Å². The van der Waals surface area contributed by atoms with Crippen molar-refractivity contribution in [2.24, 2.45) is 0 Å². The number of ether oxygens (including phenoxy) is 2. The number of hydrogen-bond acceptors (Lipinski definition) is 5. The number of benzene rings is 2. The summed E-state index contributed by atoms with van der Waals surface area (Å²) in [4.78, 5) is 34.7. The van der Waals surface area contributed by atoms with Crippen LogP contribution >= 0.6 is 0 Å². The van der Waals surface area contributed by atoms with Gasteiger partial charge in [-0.3, -0.25) is 10.1 Å². The Kier molecular flexibility index (Phi) is 7.17. The van der Waals surface area contributed by atoms with Gasteiger partial charge in [-0.15, -0.1) is 0 Å². The highest BCUT2D eigenvalue weighted by Crippen LogP contribution is 2.16. The summed E-state index contributed by atoms with van der Waals surface area (Å²) in [5.41, 5.74) is 1.25. The Balaban J connectivity index is 1.85. The molecule has 0 heterocycles. The zero-order valence-electron chi connectivity index (χ0n) is 14.4. The van der Waals surface area contributed by atoms with Gasteiger partial charge in [-0.2, -0.15) is 0 Å². The lowest BCUT2D eigenvalue weighted by Crippen LogP contribution is -2.41. The van der Waals surface area contributed by atoms with Gasteiger partial charge in [0.05, 0.1) is 5.56 Å². The number of nitrogens with one attached hydrogen (secondary N) is 2. The first-order valence-electron chi connectivity index (χ1n) is 8.10. The molecular weight excluding hydrogens is 336 g/mol. The van der Waals surface area contributed by atoms with Gasteiger partial charge in [-0.05, 0) is 30.7 Å².